The van der Waals surface area contributed by atoms with E-state index in [0.29, 0.717) is 19.3 Å². The molecule has 6 nitrogen and oxygen atoms in total. The third kappa shape index (κ3) is 50.7. The van der Waals surface area contributed by atoms with Gasteiger partial charge in [-0.25, -0.2) is 0 Å². The molecule has 0 aromatic rings. The lowest BCUT2D eigenvalue weighted by Gasteiger charge is -2.24. The Morgan fingerprint density at radius 1 is 0.435 bits per heavy atom. The number of nitrogens with one attached hydrogen (secondary N) is 1. The van der Waals surface area contributed by atoms with Crippen molar-refractivity contribution >= 4 is 11.9 Å². The average molecular weight is 959 g/mol. The van der Waals surface area contributed by atoms with E-state index >= 15 is 0 Å². The monoisotopic (exact) mass is 958 g/mol. The quantitative estimate of drug-likeness (QED) is 0.0321. The molecule has 0 aromatic carbocycles. The molecule has 0 heterocycles. The highest BCUT2D eigenvalue weighted by Crippen LogP contribution is 2.17. The van der Waals surface area contributed by atoms with Gasteiger partial charge in [-0.3, -0.25) is 9.59 Å². The Morgan fingerprint density at radius 2 is 0.797 bits per heavy atom. The average Bonchev–Trinajstić information content (AvgIpc) is 3.34. The zero-order valence-corrected chi connectivity index (χ0v) is 44.9. The van der Waals surface area contributed by atoms with Crippen molar-refractivity contribution in [2.24, 2.45) is 0 Å². The predicted octanol–water partition coefficient (Wildman–Crippen LogP) is 17.8. The summed E-state index contributed by atoms with van der Waals surface area (Å²) in [6, 6.07) is -0.735. The Labute approximate surface area is 426 Å². The first-order valence-electron chi connectivity index (χ1n) is 28.6. The summed E-state index contributed by atoms with van der Waals surface area (Å²) in [5.74, 6) is -0.572. The normalized spacial score (nSPS) is 14.0. The predicted molar refractivity (Wildman–Crippen MR) is 300 cm³/mol. The van der Waals surface area contributed by atoms with Crippen molar-refractivity contribution in [3.63, 3.8) is 0 Å². The van der Waals surface area contributed by atoms with Crippen LogP contribution in [-0.4, -0.2) is 46.9 Å². The number of carbonyl (C=O) groups is 2. The minimum atomic E-state index is -0.816. The Morgan fingerprint density at radius 3 is 1.20 bits per heavy atom. The summed E-state index contributed by atoms with van der Waals surface area (Å²) in [4.78, 5) is 26.3. The summed E-state index contributed by atoms with van der Waals surface area (Å²) in [6.45, 7) is 6.25. The largest absolute Gasteiger partial charge is 0.462 e. The van der Waals surface area contributed by atoms with E-state index in [4.69, 9.17) is 4.74 Å². The molecule has 3 atom stereocenters. The topological polar surface area (TPSA) is 95.9 Å². The van der Waals surface area contributed by atoms with Crippen LogP contribution in [0.5, 0.6) is 0 Å². The third-order valence-corrected chi connectivity index (χ3v) is 12.3. The highest BCUT2D eigenvalue weighted by atomic mass is 16.5. The first-order chi connectivity index (χ1) is 34.0. The fourth-order valence-corrected chi connectivity index (χ4v) is 8.10. The lowest BCUT2D eigenvalue weighted by atomic mass is 10.0. The molecule has 6 heteroatoms. The van der Waals surface area contributed by atoms with Gasteiger partial charge in [-0.2, -0.15) is 0 Å². The first kappa shape index (κ1) is 65.5. The fourth-order valence-electron chi connectivity index (χ4n) is 8.10. The minimum Gasteiger partial charge on any atom is -0.462 e. The molecule has 69 heavy (non-hydrogen) atoms. The van der Waals surface area contributed by atoms with Crippen LogP contribution in [0, 0.1) is 0 Å². The van der Waals surface area contributed by atoms with Crippen LogP contribution in [0.3, 0.4) is 0 Å². The molecule has 0 fully saturated rings. The van der Waals surface area contributed by atoms with E-state index in [9.17, 15) is 19.8 Å². The smallest absolute Gasteiger partial charge is 0.306 e. The van der Waals surface area contributed by atoms with Crippen LogP contribution < -0.4 is 5.32 Å². The van der Waals surface area contributed by atoms with Crippen LogP contribution >= 0.6 is 0 Å². The van der Waals surface area contributed by atoms with Gasteiger partial charge in [0.2, 0.25) is 5.91 Å². The second-order valence-corrected chi connectivity index (χ2v) is 18.9. The molecule has 0 saturated carbocycles. The summed E-state index contributed by atoms with van der Waals surface area (Å²) in [5.41, 5.74) is 0. The number of esters is 1. The van der Waals surface area contributed by atoms with Gasteiger partial charge in [0, 0.05) is 6.42 Å². The van der Waals surface area contributed by atoms with Crippen LogP contribution in [0.15, 0.2) is 109 Å². The Kier molecular flexibility index (Phi) is 52.7. The van der Waals surface area contributed by atoms with Crippen molar-refractivity contribution in [1.82, 2.24) is 5.32 Å². The van der Waals surface area contributed by atoms with Gasteiger partial charge in [-0.15, -0.1) is 0 Å². The van der Waals surface area contributed by atoms with Crippen molar-refractivity contribution in [3.8, 4) is 0 Å². The van der Waals surface area contributed by atoms with Crippen molar-refractivity contribution in [1.29, 1.82) is 0 Å². The summed E-state index contributed by atoms with van der Waals surface area (Å²) < 4.78 is 5.91. The maximum Gasteiger partial charge on any atom is 0.306 e. The van der Waals surface area contributed by atoms with E-state index in [-0.39, 0.29) is 24.9 Å². The molecular weight excluding hydrogens is 851 g/mol. The molecule has 0 aromatic heterocycles. The molecule has 0 rings (SSSR count). The lowest BCUT2D eigenvalue weighted by Crippen LogP contribution is -2.46. The molecule has 3 N–H and O–H groups in total. The zero-order chi connectivity index (χ0) is 50.2. The molecule has 1 amide bonds. The van der Waals surface area contributed by atoms with Crippen molar-refractivity contribution in [3.05, 3.63) is 109 Å². The van der Waals surface area contributed by atoms with E-state index in [0.717, 1.165) is 116 Å². The number of ether oxygens (including phenoxy) is 1. The van der Waals surface area contributed by atoms with E-state index in [1.165, 1.54) is 89.9 Å². The summed E-state index contributed by atoms with van der Waals surface area (Å²) in [6.07, 6.45) is 75.8. The lowest BCUT2D eigenvalue weighted by molar-refractivity contribution is -0.151. The van der Waals surface area contributed by atoms with E-state index in [1.54, 1.807) is 0 Å². The van der Waals surface area contributed by atoms with Gasteiger partial charge in [0.1, 0.15) is 6.10 Å². The standard InChI is InChI=1S/C63H107NO5/c1-4-7-10-13-16-19-22-25-28-31-33-36-39-42-45-48-51-54-59(69-63(68)56-53-50-47-44-41-38-35-30-27-24-21-18-15-12-9-6-3)57-62(67)64-60(58-65)61(66)55-52-49-46-43-40-37-34-32-29-26-23-20-17-14-11-8-5-2/h7,9-10,12,16,18-19,21,25,27-28,30,33,36,38,41-42,45,59-61,65-66H,4-6,8,11,13-15,17,20,22-24,26,29,31-32,34-35,37,39-40,43-44,46-58H2,1-3H3,(H,64,67)/b10-7-,12-9+,19-16-,21-18+,28-25-,30-27+,36-33-,41-38+,45-42-. The van der Waals surface area contributed by atoms with Gasteiger partial charge < -0.3 is 20.3 Å². The van der Waals surface area contributed by atoms with Gasteiger partial charge in [-0.05, 0) is 103 Å². The van der Waals surface area contributed by atoms with E-state index < -0.39 is 18.2 Å². The van der Waals surface area contributed by atoms with Gasteiger partial charge in [0.05, 0.1) is 25.2 Å². The SMILES string of the molecule is CC/C=C\C/C=C\C/C=C\C/C=C\C/C=C\CCCC(CC(=O)NC(CO)C(O)CCCCCCCCCCCCCCCCCCC)OC(=O)CCCCC/C=C/C/C=C/C/C=C/C/C=C/CC. The number of hydrogen-bond donors (Lipinski definition) is 3. The first-order valence-corrected chi connectivity index (χ1v) is 28.6. The molecular formula is C63H107NO5. The van der Waals surface area contributed by atoms with Gasteiger partial charge in [0.15, 0.2) is 0 Å². The van der Waals surface area contributed by atoms with Crippen molar-refractivity contribution < 1.29 is 24.5 Å². The van der Waals surface area contributed by atoms with Crippen LogP contribution in [0.4, 0.5) is 0 Å². The summed E-state index contributed by atoms with van der Waals surface area (Å²) in [7, 11) is 0. The summed E-state index contributed by atoms with van der Waals surface area (Å²) >= 11 is 0. The Hall–Kier alpha value is -3.48. The fraction of sp³-hybridized carbons (Fsp3) is 0.683. The van der Waals surface area contributed by atoms with E-state index in [1.807, 2.05) is 0 Å². The van der Waals surface area contributed by atoms with Crippen molar-refractivity contribution in [2.75, 3.05) is 6.61 Å². The molecule has 0 aliphatic rings. The van der Waals surface area contributed by atoms with Crippen molar-refractivity contribution in [2.45, 2.75) is 270 Å². The maximum absolute atomic E-state index is 13.3. The van der Waals surface area contributed by atoms with Crippen LogP contribution in [0.25, 0.3) is 0 Å². The number of allylic oxidation sites excluding steroid dienone is 18. The zero-order valence-electron chi connectivity index (χ0n) is 44.9. The number of rotatable bonds is 50. The molecule has 3 unspecified atom stereocenters. The second kappa shape index (κ2) is 55.4. The van der Waals surface area contributed by atoms with E-state index in [2.05, 4.69) is 135 Å². The molecule has 0 aliphatic heterocycles. The Bertz CT molecular complexity index is 1400. The van der Waals surface area contributed by atoms with Crippen LogP contribution in [0.1, 0.15) is 252 Å². The second-order valence-electron chi connectivity index (χ2n) is 18.9. The number of hydrogen-bond acceptors (Lipinski definition) is 5. The van der Waals surface area contributed by atoms with Crippen LogP contribution in [0.2, 0.25) is 0 Å². The number of amides is 1. The van der Waals surface area contributed by atoms with Gasteiger partial charge in [-0.1, -0.05) is 246 Å². The van der Waals surface area contributed by atoms with Gasteiger partial charge >= 0.3 is 5.97 Å². The molecule has 0 saturated heterocycles. The molecule has 0 radical (unpaired) electrons. The molecule has 394 valence electrons. The highest BCUT2D eigenvalue weighted by Gasteiger charge is 2.24. The van der Waals surface area contributed by atoms with Crippen LogP contribution in [-0.2, 0) is 14.3 Å². The molecule has 0 spiro atoms. The molecule has 0 bridgehead atoms. The third-order valence-electron chi connectivity index (χ3n) is 12.3. The maximum atomic E-state index is 13.3. The van der Waals surface area contributed by atoms with Gasteiger partial charge in [0.25, 0.3) is 0 Å². The number of unbranched alkanes of at least 4 members (excludes halogenated alkanes) is 20. The number of carbonyl (C=O) groups excluding carboxylic acids is 2. The molecule has 0 aliphatic carbocycles. The minimum absolute atomic E-state index is 0.0194. The number of aliphatic hydroxyl groups is 2. The Balaban J connectivity index is 4.71. The highest BCUT2D eigenvalue weighted by molar-refractivity contribution is 5.77. The summed E-state index contributed by atoms with van der Waals surface area (Å²) in [5, 5.41) is 23.9. The number of aliphatic hydroxyl groups excluding tert-OH is 2.